The van der Waals surface area contributed by atoms with E-state index in [1.165, 1.54) is 29.7 Å². The number of imidazole rings is 1. The second-order valence-corrected chi connectivity index (χ2v) is 5.29. The summed E-state index contributed by atoms with van der Waals surface area (Å²) in [4.78, 5) is 7.19. The molecule has 0 aliphatic heterocycles. The Bertz CT molecular complexity index is 551. The van der Waals surface area contributed by atoms with Crippen molar-refractivity contribution >= 4 is 0 Å². The van der Waals surface area contributed by atoms with E-state index in [-0.39, 0.29) is 0 Å². The smallest absolute Gasteiger partial charge is 0.119 e. The maximum Gasteiger partial charge on any atom is 0.119 e. The average molecular weight is 271 g/mol. The molecule has 1 unspecified atom stereocenters. The molecule has 1 heterocycles. The lowest BCUT2D eigenvalue weighted by Gasteiger charge is -2.27. The van der Waals surface area contributed by atoms with Gasteiger partial charge in [-0.15, -0.1) is 0 Å². The second kappa shape index (κ2) is 6.09. The van der Waals surface area contributed by atoms with Crippen molar-refractivity contribution < 1.29 is 4.74 Å². The third-order valence-electron chi connectivity index (χ3n) is 4.00. The molecule has 4 nitrogen and oxygen atoms in total. The van der Waals surface area contributed by atoms with Crippen LogP contribution in [0.4, 0.5) is 0 Å². The van der Waals surface area contributed by atoms with Crippen molar-refractivity contribution in [2.45, 2.75) is 31.7 Å². The Morgan fingerprint density at radius 2 is 2.40 bits per heavy atom. The standard InChI is InChI=1S/C16H21N3O/c1-20-14-5-6-15-12(9-14)3-2-4-16(15)18-8-7-13-10-17-11-19-13/h5-6,9-11,16,18H,2-4,7-8H2,1H3,(H,17,19). The molecule has 1 aliphatic rings. The second-order valence-electron chi connectivity index (χ2n) is 5.29. The molecule has 2 N–H and O–H groups in total. The number of aryl methyl sites for hydroxylation is 1. The van der Waals surface area contributed by atoms with Crippen molar-refractivity contribution in [3.63, 3.8) is 0 Å². The SMILES string of the molecule is COc1ccc2c(c1)CCCC2NCCc1cnc[nH]1. The summed E-state index contributed by atoms with van der Waals surface area (Å²) in [6.07, 6.45) is 8.22. The third kappa shape index (κ3) is 2.85. The number of hydrogen-bond donors (Lipinski definition) is 2. The highest BCUT2D eigenvalue weighted by Gasteiger charge is 2.19. The number of benzene rings is 1. The Balaban J connectivity index is 1.64. The summed E-state index contributed by atoms with van der Waals surface area (Å²) >= 11 is 0. The van der Waals surface area contributed by atoms with Crippen molar-refractivity contribution in [3.05, 3.63) is 47.5 Å². The summed E-state index contributed by atoms with van der Waals surface area (Å²) in [5.74, 6) is 0.960. The van der Waals surface area contributed by atoms with Gasteiger partial charge < -0.3 is 15.0 Å². The minimum absolute atomic E-state index is 0.465. The van der Waals surface area contributed by atoms with Gasteiger partial charge in [-0.05, 0) is 42.5 Å². The number of nitrogens with zero attached hydrogens (tertiary/aromatic N) is 1. The van der Waals surface area contributed by atoms with Gasteiger partial charge in [0.1, 0.15) is 5.75 Å². The molecular formula is C16H21N3O. The van der Waals surface area contributed by atoms with E-state index < -0.39 is 0 Å². The molecular weight excluding hydrogens is 250 g/mol. The lowest BCUT2D eigenvalue weighted by Crippen LogP contribution is -2.27. The highest BCUT2D eigenvalue weighted by molar-refractivity contribution is 5.39. The summed E-state index contributed by atoms with van der Waals surface area (Å²) in [5, 5.41) is 3.66. The third-order valence-corrected chi connectivity index (χ3v) is 4.00. The number of fused-ring (bicyclic) bond motifs is 1. The van der Waals surface area contributed by atoms with E-state index in [4.69, 9.17) is 4.74 Å². The van der Waals surface area contributed by atoms with E-state index in [9.17, 15) is 0 Å². The minimum Gasteiger partial charge on any atom is -0.497 e. The average Bonchev–Trinajstić information content (AvgIpc) is 3.00. The van der Waals surface area contributed by atoms with E-state index in [1.807, 2.05) is 6.20 Å². The molecule has 1 aromatic carbocycles. The summed E-state index contributed by atoms with van der Waals surface area (Å²) in [7, 11) is 1.73. The molecule has 2 aromatic rings. The van der Waals surface area contributed by atoms with E-state index in [1.54, 1.807) is 13.4 Å². The van der Waals surface area contributed by atoms with Crippen LogP contribution in [-0.4, -0.2) is 23.6 Å². The van der Waals surface area contributed by atoms with Gasteiger partial charge in [-0.1, -0.05) is 6.07 Å². The van der Waals surface area contributed by atoms with Crippen LogP contribution in [-0.2, 0) is 12.8 Å². The highest BCUT2D eigenvalue weighted by atomic mass is 16.5. The van der Waals surface area contributed by atoms with Crippen molar-refractivity contribution in [2.75, 3.05) is 13.7 Å². The van der Waals surface area contributed by atoms with Crippen molar-refractivity contribution in [1.29, 1.82) is 0 Å². The number of rotatable bonds is 5. The Labute approximate surface area is 119 Å². The quantitative estimate of drug-likeness (QED) is 0.879. The Kier molecular flexibility index (Phi) is 4.02. The fourth-order valence-corrected chi connectivity index (χ4v) is 2.93. The van der Waals surface area contributed by atoms with Crippen LogP contribution in [0.5, 0.6) is 5.75 Å². The van der Waals surface area contributed by atoms with Crippen LogP contribution in [0.1, 0.15) is 35.7 Å². The Morgan fingerprint density at radius 1 is 1.45 bits per heavy atom. The zero-order valence-corrected chi connectivity index (χ0v) is 11.9. The minimum atomic E-state index is 0.465. The fraction of sp³-hybridized carbons (Fsp3) is 0.438. The maximum atomic E-state index is 5.31. The van der Waals surface area contributed by atoms with Crippen LogP contribution in [0.3, 0.4) is 0 Å². The molecule has 3 rings (SSSR count). The number of aromatic nitrogens is 2. The monoisotopic (exact) mass is 271 g/mol. The predicted molar refractivity (Wildman–Crippen MR) is 79.0 cm³/mol. The van der Waals surface area contributed by atoms with Gasteiger partial charge in [-0.2, -0.15) is 0 Å². The fourth-order valence-electron chi connectivity index (χ4n) is 2.93. The zero-order valence-electron chi connectivity index (χ0n) is 11.9. The number of methoxy groups -OCH3 is 1. The van der Waals surface area contributed by atoms with Gasteiger partial charge in [0.05, 0.1) is 13.4 Å². The Morgan fingerprint density at radius 3 is 3.20 bits per heavy atom. The summed E-state index contributed by atoms with van der Waals surface area (Å²) in [6, 6.07) is 6.92. The first-order chi connectivity index (χ1) is 9.86. The number of ether oxygens (including phenoxy) is 1. The molecule has 106 valence electrons. The van der Waals surface area contributed by atoms with Crippen LogP contribution in [0.25, 0.3) is 0 Å². The predicted octanol–water partition coefficient (Wildman–Crippen LogP) is 2.63. The topological polar surface area (TPSA) is 49.9 Å². The molecule has 1 aliphatic carbocycles. The molecule has 4 heteroatoms. The van der Waals surface area contributed by atoms with Gasteiger partial charge in [-0.3, -0.25) is 0 Å². The number of aromatic amines is 1. The van der Waals surface area contributed by atoms with E-state index in [0.717, 1.165) is 25.1 Å². The van der Waals surface area contributed by atoms with Crippen LogP contribution >= 0.6 is 0 Å². The van der Waals surface area contributed by atoms with Gasteiger partial charge in [0, 0.05) is 30.9 Å². The molecule has 0 bridgehead atoms. The van der Waals surface area contributed by atoms with Crippen LogP contribution in [0.2, 0.25) is 0 Å². The van der Waals surface area contributed by atoms with Gasteiger partial charge in [-0.25, -0.2) is 4.98 Å². The van der Waals surface area contributed by atoms with Crippen molar-refractivity contribution in [2.24, 2.45) is 0 Å². The molecule has 20 heavy (non-hydrogen) atoms. The molecule has 0 radical (unpaired) electrons. The lowest BCUT2D eigenvalue weighted by molar-refractivity contribution is 0.411. The van der Waals surface area contributed by atoms with Crippen molar-refractivity contribution in [1.82, 2.24) is 15.3 Å². The van der Waals surface area contributed by atoms with E-state index in [0.29, 0.717) is 6.04 Å². The Hall–Kier alpha value is -1.81. The lowest BCUT2D eigenvalue weighted by atomic mass is 9.87. The molecule has 0 amide bonds. The molecule has 0 saturated carbocycles. The van der Waals surface area contributed by atoms with Gasteiger partial charge in [0.15, 0.2) is 0 Å². The molecule has 1 atom stereocenters. The zero-order chi connectivity index (χ0) is 13.8. The largest absolute Gasteiger partial charge is 0.497 e. The maximum absolute atomic E-state index is 5.31. The summed E-state index contributed by atoms with van der Waals surface area (Å²) in [5.41, 5.74) is 4.04. The summed E-state index contributed by atoms with van der Waals surface area (Å²) < 4.78 is 5.31. The molecule has 1 aromatic heterocycles. The van der Waals surface area contributed by atoms with Crippen molar-refractivity contribution in [3.8, 4) is 5.75 Å². The molecule has 0 saturated heterocycles. The van der Waals surface area contributed by atoms with Crippen LogP contribution in [0, 0.1) is 0 Å². The molecule has 0 fully saturated rings. The van der Waals surface area contributed by atoms with Gasteiger partial charge in [0.25, 0.3) is 0 Å². The number of nitrogens with one attached hydrogen (secondary N) is 2. The summed E-state index contributed by atoms with van der Waals surface area (Å²) in [6.45, 7) is 0.971. The van der Waals surface area contributed by atoms with E-state index >= 15 is 0 Å². The number of H-pyrrole nitrogens is 1. The van der Waals surface area contributed by atoms with E-state index in [2.05, 4.69) is 33.5 Å². The van der Waals surface area contributed by atoms with Gasteiger partial charge >= 0.3 is 0 Å². The normalized spacial score (nSPS) is 17.8. The van der Waals surface area contributed by atoms with Crippen LogP contribution < -0.4 is 10.1 Å². The van der Waals surface area contributed by atoms with Gasteiger partial charge in [0.2, 0.25) is 0 Å². The first-order valence-corrected chi connectivity index (χ1v) is 7.24. The molecule has 0 spiro atoms. The first-order valence-electron chi connectivity index (χ1n) is 7.24. The highest BCUT2D eigenvalue weighted by Crippen LogP contribution is 2.32. The van der Waals surface area contributed by atoms with Crippen LogP contribution in [0.15, 0.2) is 30.7 Å². The first kappa shape index (κ1) is 13.2. The number of hydrogen-bond acceptors (Lipinski definition) is 3.